The van der Waals surface area contributed by atoms with Gasteiger partial charge in [-0.15, -0.1) is 0 Å². The molecule has 0 aliphatic heterocycles. The molecule has 0 saturated heterocycles. The second-order valence-corrected chi connectivity index (χ2v) is 5.20. The van der Waals surface area contributed by atoms with Crippen LogP contribution in [0.2, 0.25) is 0 Å². The average molecular weight is 290 g/mol. The number of nitrogens with one attached hydrogen (secondary N) is 1. The molecule has 1 atom stereocenters. The van der Waals surface area contributed by atoms with Crippen LogP contribution in [-0.4, -0.2) is 11.5 Å². The molecule has 0 radical (unpaired) electrons. The maximum atomic E-state index is 14.1. The van der Waals surface area contributed by atoms with Crippen LogP contribution in [0.25, 0.3) is 0 Å². The highest BCUT2D eigenvalue weighted by atomic mass is 19.1. The lowest BCUT2D eigenvalue weighted by molar-refractivity contribution is 0.489. The van der Waals surface area contributed by atoms with Gasteiger partial charge in [0.1, 0.15) is 11.6 Å². The Morgan fingerprint density at radius 3 is 2.71 bits per heavy atom. The summed E-state index contributed by atoms with van der Waals surface area (Å²) in [7, 11) is 0. The zero-order valence-corrected chi connectivity index (χ0v) is 12.4. The second-order valence-electron chi connectivity index (χ2n) is 5.20. The third-order valence-corrected chi connectivity index (χ3v) is 3.46. The molecule has 1 unspecified atom stereocenters. The van der Waals surface area contributed by atoms with Gasteiger partial charge < -0.3 is 5.32 Å². The third kappa shape index (κ3) is 4.08. The van der Waals surface area contributed by atoms with E-state index in [1.54, 1.807) is 25.4 Å². The summed E-state index contributed by atoms with van der Waals surface area (Å²) in [6.45, 7) is 4.49. The maximum Gasteiger partial charge on any atom is 0.130 e. The molecule has 1 N–H and O–H groups in total. The first kappa shape index (κ1) is 15.6. The Kier molecular flexibility index (Phi) is 5.39. The molecule has 0 fully saturated rings. The summed E-state index contributed by atoms with van der Waals surface area (Å²) in [6.07, 6.45) is 5.05. The van der Waals surface area contributed by atoms with Gasteiger partial charge in [-0.3, -0.25) is 4.98 Å². The number of rotatable bonds is 6. The van der Waals surface area contributed by atoms with Crippen molar-refractivity contribution >= 4 is 0 Å². The summed E-state index contributed by atoms with van der Waals surface area (Å²) < 4.78 is 27.5. The van der Waals surface area contributed by atoms with E-state index < -0.39 is 11.6 Å². The highest BCUT2D eigenvalue weighted by Crippen LogP contribution is 2.24. The van der Waals surface area contributed by atoms with Crippen molar-refractivity contribution in [1.29, 1.82) is 0 Å². The number of nitrogens with zero attached hydrogens (tertiary/aromatic N) is 1. The molecule has 0 aliphatic carbocycles. The number of aromatic nitrogens is 1. The van der Waals surface area contributed by atoms with Gasteiger partial charge in [0.15, 0.2) is 0 Å². The van der Waals surface area contributed by atoms with Crippen molar-refractivity contribution in [1.82, 2.24) is 10.3 Å². The highest BCUT2D eigenvalue weighted by molar-refractivity contribution is 5.29. The van der Waals surface area contributed by atoms with Gasteiger partial charge >= 0.3 is 0 Å². The fraction of sp³-hybridized carbons (Fsp3) is 0.353. The Balaban J connectivity index is 2.29. The zero-order valence-electron chi connectivity index (χ0n) is 12.4. The molecule has 0 amide bonds. The number of aryl methyl sites for hydroxylation is 1. The fourth-order valence-electron chi connectivity index (χ4n) is 2.31. The minimum absolute atomic E-state index is 0.187. The molecule has 112 valence electrons. The van der Waals surface area contributed by atoms with Crippen molar-refractivity contribution in [2.24, 2.45) is 0 Å². The molecule has 21 heavy (non-hydrogen) atoms. The second kappa shape index (κ2) is 7.27. The molecule has 0 saturated carbocycles. The van der Waals surface area contributed by atoms with Crippen LogP contribution < -0.4 is 5.32 Å². The van der Waals surface area contributed by atoms with E-state index in [0.717, 1.165) is 24.6 Å². The van der Waals surface area contributed by atoms with E-state index >= 15 is 0 Å². The first-order valence-corrected chi connectivity index (χ1v) is 7.19. The molecular weight excluding hydrogens is 270 g/mol. The summed E-state index contributed by atoms with van der Waals surface area (Å²) in [6, 6.07) is 6.19. The molecule has 2 nitrogen and oxygen atoms in total. The van der Waals surface area contributed by atoms with Crippen LogP contribution in [0.15, 0.2) is 36.7 Å². The normalized spacial score (nSPS) is 12.4. The largest absolute Gasteiger partial charge is 0.310 e. The van der Waals surface area contributed by atoms with Gasteiger partial charge in [0.05, 0.1) is 0 Å². The molecule has 0 aliphatic rings. The predicted octanol–water partition coefficient (Wildman–Crippen LogP) is 3.95. The summed E-state index contributed by atoms with van der Waals surface area (Å²) >= 11 is 0. The van der Waals surface area contributed by atoms with Crippen LogP contribution in [0, 0.1) is 18.6 Å². The molecule has 1 aromatic carbocycles. The van der Waals surface area contributed by atoms with Crippen LogP contribution in [-0.2, 0) is 6.42 Å². The Bertz CT molecular complexity index is 585. The van der Waals surface area contributed by atoms with E-state index in [0.29, 0.717) is 17.5 Å². The SMILES string of the molecule is CCCNC(Cc1cccnc1)c1cc(C)c(F)cc1F. The van der Waals surface area contributed by atoms with Crippen LogP contribution in [0.3, 0.4) is 0 Å². The van der Waals surface area contributed by atoms with E-state index in [1.165, 1.54) is 0 Å². The van der Waals surface area contributed by atoms with Crippen LogP contribution in [0.4, 0.5) is 8.78 Å². The molecule has 2 aromatic rings. The number of hydrogen-bond acceptors (Lipinski definition) is 2. The number of halogens is 2. The molecule has 1 aromatic heterocycles. The van der Waals surface area contributed by atoms with E-state index in [1.807, 2.05) is 12.1 Å². The Hall–Kier alpha value is -1.81. The number of pyridine rings is 1. The number of hydrogen-bond donors (Lipinski definition) is 1. The average Bonchev–Trinajstić information content (AvgIpc) is 2.48. The minimum Gasteiger partial charge on any atom is -0.310 e. The van der Waals surface area contributed by atoms with Crippen molar-refractivity contribution in [3.8, 4) is 0 Å². The summed E-state index contributed by atoms with van der Waals surface area (Å²) in [4.78, 5) is 4.08. The lowest BCUT2D eigenvalue weighted by Gasteiger charge is -2.20. The van der Waals surface area contributed by atoms with Gasteiger partial charge in [-0.05, 0) is 49.6 Å². The fourth-order valence-corrected chi connectivity index (χ4v) is 2.31. The van der Waals surface area contributed by atoms with Gasteiger partial charge in [-0.1, -0.05) is 13.0 Å². The standard InChI is InChI=1S/C17H20F2N2/c1-3-6-21-17(9-13-5-4-7-20-11-13)14-8-12(2)15(18)10-16(14)19/h4-5,7-8,10-11,17,21H,3,6,9H2,1-2H3. The molecule has 2 rings (SSSR count). The van der Waals surface area contributed by atoms with Crippen LogP contribution in [0.5, 0.6) is 0 Å². The predicted molar refractivity (Wildman–Crippen MR) is 80.1 cm³/mol. The van der Waals surface area contributed by atoms with Crippen molar-refractivity contribution < 1.29 is 8.78 Å². The molecular formula is C17H20F2N2. The van der Waals surface area contributed by atoms with Gasteiger partial charge in [0.25, 0.3) is 0 Å². The molecule has 0 spiro atoms. The Morgan fingerprint density at radius 2 is 2.05 bits per heavy atom. The van der Waals surface area contributed by atoms with E-state index in [9.17, 15) is 8.78 Å². The topological polar surface area (TPSA) is 24.9 Å². The summed E-state index contributed by atoms with van der Waals surface area (Å²) in [5, 5.41) is 3.33. The van der Waals surface area contributed by atoms with Gasteiger partial charge in [0, 0.05) is 30.1 Å². The molecule has 0 bridgehead atoms. The van der Waals surface area contributed by atoms with Gasteiger partial charge in [-0.25, -0.2) is 8.78 Å². The maximum absolute atomic E-state index is 14.1. The van der Waals surface area contributed by atoms with Crippen molar-refractivity contribution in [3.63, 3.8) is 0 Å². The first-order valence-electron chi connectivity index (χ1n) is 7.19. The first-order chi connectivity index (χ1) is 10.1. The van der Waals surface area contributed by atoms with E-state index in [-0.39, 0.29) is 6.04 Å². The monoisotopic (exact) mass is 290 g/mol. The smallest absolute Gasteiger partial charge is 0.130 e. The Morgan fingerprint density at radius 1 is 1.24 bits per heavy atom. The summed E-state index contributed by atoms with van der Waals surface area (Å²) in [5.41, 5.74) is 1.99. The van der Waals surface area contributed by atoms with E-state index in [4.69, 9.17) is 0 Å². The van der Waals surface area contributed by atoms with Gasteiger partial charge in [-0.2, -0.15) is 0 Å². The zero-order chi connectivity index (χ0) is 15.2. The third-order valence-electron chi connectivity index (χ3n) is 3.46. The van der Waals surface area contributed by atoms with Crippen LogP contribution in [0.1, 0.15) is 36.1 Å². The van der Waals surface area contributed by atoms with E-state index in [2.05, 4.69) is 17.2 Å². The lowest BCUT2D eigenvalue weighted by Crippen LogP contribution is -2.25. The van der Waals surface area contributed by atoms with Crippen LogP contribution >= 0.6 is 0 Å². The Labute approximate surface area is 124 Å². The highest BCUT2D eigenvalue weighted by Gasteiger charge is 2.17. The lowest BCUT2D eigenvalue weighted by atomic mass is 9.97. The van der Waals surface area contributed by atoms with Crippen molar-refractivity contribution in [2.45, 2.75) is 32.7 Å². The number of benzene rings is 1. The summed E-state index contributed by atoms with van der Waals surface area (Å²) in [5.74, 6) is -1.01. The quantitative estimate of drug-likeness (QED) is 0.871. The van der Waals surface area contributed by atoms with Crippen molar-refractivity contribution in [2.75, 3.05) is 6.54 Å². The van der Waals surface area contributed by atoms with Crippen molar-refractivity contribution in [3.05, 3.63) is 65.0 Å². The molecule has 4 heteroatoms. The minimum atomic E-state index is -0.508. The molecule has 1 heterocycles. The van der Waals surface area contributed by atoms with Gasteiger partial charge in [0.2, 0.25) is 0 Å².